The lowest BCUT2D eigenvalue weighted by atomic mass is 9.76. The number of carbonyl (C=O) groups is 2. The van der Waals surface area contributed by atoms with Crippen LogP contribution in [0.2, 0.25) is 0 Å². The van der Waals surface area contributed by atoms with Gasteiger partial charge >= 0.3 is 0 Å². The highest BCUT2D eigenvalue weighted by Crippen LogP contribution is 2.43. The molecule has 0 radical (unpaired) electrons. The van der Waals surface area contributed by atoms with Gasteiger partial charge in [0.05, 0.1) is 16.0 Å². The number of anilines is 2. The molecule has 0 bridgehead atoms. The van der Waals surface area contributed by atoms with Crippen LogP contribution in [0.5, 0.6) is 0 Å². The van der Waals surface area contributed by atoms with Crippen LogP contribution in [0.3, 0.4) is 0 Å². The van der Waals surface area contributed by atoms with Gasteiger partial charge in [0.15, 0.2) is 9.84 Å². The maximum atomic E-state index is 13.3. The van der Waals surface area contributed by atoms with Crippen molar-refractivity contribution in [3.8, 4) is 0 Å². The van der Waals surface area contributed by atoms with E-state index < -0.39 is 26.9 Å². The van der Waals surface area contributed by atoms with E-state index in [-0.39, 0.29) is 16.5 Å². The van der Waals surface area contributed by atoms with Gasteiger partial charge < -0.3 is 10.6 Å². The number of benzene rings is 2. The zero-order valence-electron chi connectivity index (χ0n) is 15.6. The largest absolute Gasteiger partial charge is 0.325 e. The predicted octanol–water partition coefficient (Wildman–Crippen LogP) is 3.17. The van der Waals surface area contributed by atoms with Gasteiger partial charge in [-0.2, -0.15) is 0 Å². The number of sulfone groups is 1. The average molecular weight is 398 g/mol. The summed E-state index contributed by atoms with van der Waals surface area (Å²) < 4.78 is 24.7. The van der Waals surface area contributed by atoms with Crippen LogP contribution in [0.15, 0.2) is 47.4 Å². The van der Waals surface area contributed by atoms with Crippen molar-refractivity contribution in [3.63, 3.8) is 0 Å². The summed E-state index contributed by atoms with van der Waals surface area (Å²) >= 11 is 0. The maximum Gasteiger partial charge on any atom is 0.239 e. The lowest BCUT2D eigenvalue weighted by molar-refractivity contribution is -0.121. The molecule has 2 N–H and O–H groups in total. The molecule has 6 nitrogen and oxygen atoms in total. The molecule has 1 heterocycles. The van der Waals surface area contributed by atoms with Crippen LogP contribution < -0.4 is 10.6 Å². The standard InChI is InChI=1S/C21H22N2O4S/c1-14-6-2-3-7-16(14)21(10-4-5-11-21)20(25)22-15-8-9-17-18(12-15)28(26,27)13-19(24)23-17/h2-3,6-9,12H,4-5,10-11,13H2,1H3,(H,22,25)(H,23,24). The minimum Gasteiger partial charge on any atom is -0.325 e. The van der Waals surface area contributed by atoms with Gasteiger partial charge in [0.25, 0.3) is 0 Å². The third kappa shape index (κ3) is 3.09. The minimum absolute atomic E-state index is 0.0428. The van der Waals surface area contributed by atoms with Crippen molar-refractivity contribution < 1.29 is 18.0 Å². The van der Waals surface area contributed by atoms with E-state index in [1.807, 2.05) is 31.2 Å². The normalized spacial score (nSPS) is 19.5. The highest BCUT2D eigenvalue weighted by atomic mass is 32.2. The third-order valence-corrected chi connectivity index (χ3v) is 7.37. The molecular weight excluding hydrogens is 376 g/mol. The highest BCUT2D eigenvalue weighted by Gasteiger charge is 2.43. The number of fused-ring (bicyclic) bond motifs is 1. The number of rotatable bonds is 3. The van der Waals surface area contributed by atoms with Crippen LogP contribution in [-0.2, 0) is 24.8 Å². The van der Waals surface area contributed by atoms with Gasteiger partial charge in [-0.1, -0.05) is 37.1 Å². The van der Waals surface area contributed by atoms with E-state index in [4.69, 9.17) is 0 Å². The van der Waals surface area contributed by atoms with E-state index >= 15 is 0 Å². The molecule has 4 rings (SSSR count). The molecule has 0 spiro atoms. The summed E-state index contributed by atoms with van der Waals surface area (Å²) in [6, 6.07) is 12.5. The molecule has 2 aromatic carbocycles. The average Bonchev–Trinajstić information content (AvgIpc) is 3.13. The summed E-state index contributed by atoms with van der Waals surface area (Å²) in [5, 5.41) is 5.49. The second kappa shape index (κ2) is 6.74. The Morgan fingerprint density at radius 1 is 1.11 bits per heavy atom. The summed E-state index contributed by atoms with van der Waals surface area (Å²) in [5.41, 5.74) is 2.18. The first-order valence-electron chi connectivity index (χ1n) is 9.36. The number of hydrogen-bond donors (Lipinski definition) is 2. The van der Waals surface area contributed by atoms with Crippen LogP contribution >= 0.6 is 0 Å². The predicted molar refractivity (Wildman–Crippen MR) is 107 cm³/mol. The lowest BCUT2D eigenvalue weighted by Crippen LogP contribution is -2.38. The van der Waals surface area contributed by atoms with Crippen LogP contribution in [0.25, 0.3) is 0 Å². The van der Waals surface area contributed by atoms with E-state index in [0.29, 0.717) is 5.69 Å². The van der Waals surface area contributed by atoms with Gasteiger partial charge in [-0.15, -0.1) is 0 Å². The number of hydrogen-bond acceptors (Lipinski definition) is 4. The first-order valence-corrected chi connectivity index (χ1v) is 11.0. The molecule has 2 aliphatic rings. The molecule has 0 saturated heterocycles. The molecule has 0 atom stereocenters. The van der Waals surface area contributed by atoms with Gasteiger partial charge in [-0.25, -0.2) is 8.42 Å². The van der Waals surface area contributed by atoms with Gasteiger partial charge in [0, 0.05) is 5.69 Å². The Labute approximate surface area is 164 Å². The Balaban J connectivity index is 1.68. The number of nitrogens with one attached hydrogen (secondary N) is 2. The highest BCUT2D eigenvalue weighted by molar-refractivity contribution is 7.92. The number of carbonyl (C=O) groups excluding carboxylic acids is 2. The molecule has 1 aliphatic heterocycles. The van der Waals surface area contributed by atoms with E-state index in [2.05, 4.69) is 10.6 Å². The zero-order chi connectivity index (χ0) is 19.9. The Hall–Kier alpha value is -2.67. The molecule has 146 valence electrons. The summed E-state index contributed by atoms with van der Waals surface area (Å²) in [7, 11) is -3.71. The zero-order valence-corrected chi connectivity index (χ0v) is 16.4. The number of aryl methyl sites for hydroxylation is 1. The van der Waals surface area contributed by atoms with Gasteiger partial charge in [-0.3, -0.25) is 9.59 Å². The Kier molecular flexibility index (Phi) is 4.50. The number of amides is 2. The first-order chi connectivity index (χ1) is 13.3. The van der Waals surface area contributed by atoms with E-state index in [9.17, 15) is 18.0 Å². The van der Waals surface area contributed by atoms with Crippen LogP contribution in [0, 0.1) is 6.92 Å². The summed E-state index contributed by atoms with van der Waals surface area (Å²) in [6.45, 7) is 2.01. The van der Waals surface area contributed by atoms with Crippen molar-refractivity contribution in [2.24, 2.45) is 0 Å². The second-order valence-corrected chi connectivity index (χ2v) is 9.53. The molecule has 1 saturated carbocycles. The molecule has 1 aliphatic carbocycles. The fraction of sp³-hybridized carbons (Fsp3) is 0.333. The van der Waals surface area contributed by atoms with Crippen molar-refractivity contribution in [1.82, 2.24) is 0 Å². The SMILES string of the molecule is Cc1ccccc1C1(C(=O)Nc2ccc3c(c2)S(=O)(=O)CC(=O)N3)CCCC1. The summed E-state index contributed by atoms with van der Waals surface area (Å²) in [4.78, 5) is 24.9. The minimum atomic E-state index is -3.71. The van der Waals surface area contributed by atoms with E-state index in [1.54, 1.807) is 6.07 Å². The van der Waals surface area contributed by atoms with Crippen molar-refractivity contribution in [3.05, 3.63) is 53.6 Å². The monoisotopic (exact) mass is 398 g/mol. The Morgan fingerprint density at radius 2 is 1.82 bits per heavy atom. The van der Waals surface area contributed by atoms with Crippen molar-refractivity contribution in [2.45, 2.75) is 42.9 Å². The van der Waals surface area contributed by atoms with E-state index in [1.165, 1.54) is 12.1 Å². The van der Waals surface area contributed by atoms with Crippen LogP contribution in [-0.4, -0.2) is 26.0 Å². The summed E-state index contributed by atoms with van der Waals surface area (Å²) in [5.74, 6) is -1.24. The molecule has 7 heteroatoms. The van der Waals surface area contributed by atoms with Crippen LogP contribution in [0.1, 0.15) is 36.8 Å². The van der Waals surface area contributed by atoms with Gasteiger partial charge in [0.2, 0.25) is 11.8 Å². The quantitative estimate of drug-likeness (QED) is 0.831. The summed E-state index contributed by atoms with van der Waals surface area (Å²) in [6.07, 6.45) is 3.49. The molecule has 2 amide bonds. The van der Waals surface area contributed by atoms with E-state index in [0.717, 1.165) is 36.8 Å². The fourth-order valence-electron chi connectivity index (χ4n) is 4.36. The third-order valence-electron chi connectivity index (χ3n) is 5.72. The fourth-order valence-corrected chi connectivity index (χ4v) is 5.69. The maximum absolute atomic E-state index is 13.3. The molecule has 0 unspecified atom stereocenters. The molecular formula is C21H22N2O4S. The van der Waals surface area contributed by atoms with Gasteiger partial charge in [0.1, 0.15) is 5.75 Å². The van der Waals surface area contributed by atoms with Crippen molar-refractivity contribution >= 4 is 33.0 Å². The molecule has 2 aromatic rings. The lowest BCUT2D eigenvalue weighted by Gasteiger charge is -2.30. The van der Waals surface area contributed by atoms with Crippen LogP contribution in [0.4, 0.5) is 11.4 Å². The topological polar surface area (TPSA) is 92.3 Å². The van der Waals surface area contributed by atoms with Gasteiger partial charge in [-0.05, 0) is 49.1 Å². The second-order valence-electron chi connectivity index (χ2n) is 7.58. The Morgan fingerprint density at radius 3 is 2.54 bits per heavy atom. The first kappa shape index (κ1) is 18.7. The Bertz CT molecular complexity index is 1070. The molecule has 0 aromatic heterocycles. The van der Waals surface area contributed by atoms with Crippen molar-refractivity contribution in [2.75, 3.05) is 16.4 Å². The molecule has 1 fully saturated rings. The van der Waals surface area contributed by atoms with Crippen molar-refractivity contribution in [1.29, 1.82) is 0 Å². The smallest absolute Gasteiger partial charge is 0.239 e. The molecule has 28 heavy (non-hydrogen) atoms.